The highest BCUT2D eigenvalue weighted by Gasteiger charge is 2.19. The van der Waals surface area contributed by atoms with E-state index in [1.165, 1.54) is 17.4 Å². The SMILES string of the molecule is O=C(NCCN1CCN(c2ccccc2F)CC1)c1ccc(Cl)s1. The van der Waals surface area contributed by atoms with Gasteiger partial charge in [-0.3, -0.25) is 9.69 Å². The Morgan fingerprint density at radius 2 is 1.92 bits per heavy atom. The van der Waals surface area contributed by atoms with Crippen LogP contribution >= 0.6 is 22.9 Å². The molecule has 1 N–H and O–H groups in total. The van der Waals surface area contributed by atoms with Crippen LogP contribution in [0.5, 0.6) is 0 Å². The largest absolute Gasteiger partial charge is 0.367 e. The Bertz CT molecular complexity index is 701. The summed E-state index contributed by atoms with van der Waals surface area (Å²) in [6, 6.07) is 10.3. The van der Waals surface area contributed by atoms with Gasteiger partial charge in [0, 0.05) is 39.3 Å². The van der Waals surface area contributed by atoms with Crippen molar-refractivity contribution in [3.63, 3.8) is 0 Å². The molecule has 0 aliphatic carbocycles. The van der Waals surface area contributed by atoms with Crippen molar-refractivity contribution >= 4 is 34.5 Å². The Labute approximate surface area is 149 Å². The minimum atomic E-state index is -0.173. The van der Waals surface area contributed by atoms with Gasteiger partial charge in [-0.25, -0.2) is 4.39 Å². The van der Waals surface area contributed by atoms with E-state index >= 15 is 0 Å². The monoisotopic (exact) mass is 367 g/mol. The van der Waals surface area contributed by atoms with Gasteiger partial charge < -0.3 is 10.2 Å². The van der Waals surface area contributed by atoms with E-state index in [9.17, 15) is 9.18 Å². The zero-order valence-electron chi connectivity index (χ0n) is 13.2. The predicted molar refractivity (Wildman–Crippen MR) is 96.7 cm³/mol. The third-order valence-electron chi connectivity index (χ3n) is 4.08. The number of anilines is 1. The summed E-state index contributed by atoms with van der Waals surface area (Å²) in [5.41, 5.74) is 0.667. The van der Waals surface area contributed by atoms with E-state index < -0.39 is 0 Å². The molecule has 24 heavy (non-hydrogen) atoms. The van der Waals surface area contributed by atoms with Crippen LogP contribution in [0.4, 0.5) is 10.1 Å². The smallest absolute Gasteiger partial charge is 0.261 e. The second-order valence-corrected chi connectivity index (χ2v) is 7.35. The van der Waals surface area contributed by atoms with Gasteiger partial charge in [0.15, 0.2) is 0 Å². The number of hydrogen-bond acceptors (Lipinski definition) is 4. The topological polar surface area (TPSA) is 35.6 Å². The number of halogens is 2. The van der Waals surface area contributed by atoms with Crippen molar-refractivity contribution in [2.45, 2.75) is 0 Å². The van der Waals surface area contributed by atoms with Gasteiger partial charge in [-0.1, -0.05) is 23.7 Å². The van der Waals surface area contributed by atoms with Crippen molar-refractivity contribution < 1.29 is 9.18 Å². The average molecular weight is 368 g/mol. The molecule has 0 unspecified atom stereocenters. The Hall–Kier alpha value is -1.63. The quantitative estimate of drug-likeness (QED) is 0.882. The number of carbonyl (C=O) groups is 1. The van der Waals surface area contributed by atoms with E-state index in [1.807, 2.05) is 12.1 Å². The van der Waals surface area contributed by atoms with Gasteiger partial charge in [-0.15, -0.1) is 11.3 Å². The number of rotatable bonds is 5. The molecule has 0 atom stereocenters. The molecule has 4 nitrogen and oxygen atoms in total. The molecule has 0 radical (unpaired) electrons. The Morgan fingerprint density at radius 1 is 1.17 bits per heavy atom. The molecule has 1 aliphatic heterocycles. The molecule has 1 aromatic heterocycles. The van der Waals surface area contributed by atoms with Gasteiger partial charge in [-0.05, 0) is 24.3 Å². The van der Waals surface area contributed by atoms with Crippen LogP contribution in [-0.4, -0.2) is 50.1 Å². The van der Waals surface area contributed by atoms with Crippen LogP contribution in [-0.2, 0) is 0 Å². The molecule has 2 aromatic rings. The zero-order valence-corrected chi connectivity index (χ0v) is 14.7. The van der Waals surface area contributed by atoms with Crippen LogP contribution in [0.2, 0.25) is 4.34 Å². The van der Waals surface area contributed by atoms with Crippen LogP contribution in [0.3, 0.4) is 0 Å². The molecule has 1 saturated heterocycles. The summed E-state index contributed by atoms with van der Waals surface area (Å²) >= 11 is 7.11. The van der Waals surface area contributed by atoms with Crippen molar-refractivity contribution in [1.82, 2.24) is 10.2 Å². The third-order valence-corrected chi connectivity index (χ3v) is 5.31. The van der Waals surface area contributed by atoms with Gasteiger partial charge >= 0.3 is 0 Å². The Kier molecular flexibility index (Phi) is 5.71. The average Bonchev–Trinajstić information content (AvgIpc) is 3.03. The second-order valence-electron chi connectivity index (χ2n) is 5.64. The zero-order chi connectivity index (χ0) is 16.9. The summed E-state index contributed by atoms with van der Waals surface area (Å²) < 4.78 is 14.4. The van der Waals surface area contributed by atoms with Crippen molar-refractivity contribution in [3.8, 4) is 0 Å². The first-order chi connectivity index (χ1) is 11.6. The lowest BCUT2D eigenvalue weighted by atomic mass is 10.2. The van der Waals surface area contributed by atoms with Crippen LogP contribution < -0.4 is 10.2 Å². The number of benzene rings is 1. The molecular weight excluding hydrogens is 349 g/mol. The maximum Gasteiger partial charge on any atom is 0.261 e. The maximum atomic E-state index is 13.8. The van der Waals surface area contributed by atoms with E-state index in [4.69, 9.17) is 11.6 Å². The van der Waals surface area contributed by atoms with Gasteiger partial charge in [-0.2, -0.15) is 0 Å². The molecule has 2 heterocycles. The van der Waals surface area contributed by atoms with E-state index in [0.717, 1.165) is 32.7 Å². The molecule has 1 amide bonds. The number of piperazine rings is 1. The first-order valence-electron chi connectivity index (χ1n) is 7.89. The van der Waals surface area contributed by atoms with Gasteiger partial charge in [0.05, 0.1) is 14.9 Å². The highest BCUT2D eigenvalue weighted by atomic mass is 35.5. The van der Waals surface area contributed by atoms with Crippen LogP contribution in [0, 0.1) is 5.82 Å². The minimum absolute atomic E-state index is 0.0862. The molecule has 0 saturated carbocycles. The molecule has 1 fully saturated rings. The maximum absolute atomic E-state index is 13.8. The summed E-state index contributed by atoms with van der Waals surface area (Å²) in [6.07, 6.45) is 0. The third kappa shape index (κ3) is 4.26. The standard InChI is InChI=1S/C17H19ClFN3OS/c18-16-6-5-15(24-16)17(23)20-7-8-21-9-11-22(12-10-21)14-4-2-1-3-13(14)19/h1-6H,7-12H2,(H,20,23). The fraction of sp³-hybridized carbons (Fsp3) is 0.353. The summed E-state index contributed by atoms with van der Waals surface area (Å²) in [4.78, 5) is 16.9. The first kappa shape index (κ1) is 17.2. The van der Waals surface area contributed by atoms with Crippen molar-refractivity contribution in [2.75, 3.05) is 44.2 Å². The number of carbonyl (C=O) groups excluding carboxylic acids is 1. The molecule has 0 spiro atoms. The van der Waals surface area contributed by atoms with Gasteiger partial charge in [0.2, 0.25) is 0 Å². The van der Waals surface area contributed by atoms with E-state index in [2.05, 4.69) is 15.1 Å². The molecule has 0 bridgehead atoms. The second kappa shape index (κ2) is 7.96. The van der Waals surface area contributed by atoms with E-state index in [0.29, 0.717) is 21.4 Å². The van der Waals surface area contributed by atoms with E-state index in [-0.39, 0.29) is 11.7 Å². The molecule has 128 valence electrons. The van der Waals surface area contributed by atoms with Crippen LogP contribution in [0.1, 0.15) is 9.67 Å². The number of amides is 1. The Morgan fingerprint density at radius 3 is 2.58 bits per heavy atom. The number of hydrogen-bond donors (Lipinski definition) is 1. The van der Waals surface area contributed by atoms with Gasteiger partial charge in [0.1, 0.15) is 5.82 Å². The minimum Gasteiger partial charge on any atom is -0.367 e. The lowest BCUT2D eigenvalue weighted by Gasteiger charge is -2.36. The highest BCUT2D eigenvalue weighted by Crippen LogP contribution is 2.21. The first-order valence-corrected chi connectivity index (χ1v) is 9.08. The number of para-hydroxylation sites is 1. The van der Waals surface area contributed by atoms with E-state index in [1.54, 1.807) is 18.2 Å². The van der Waals surface area contributed by atoms with Crippen LogP contribution in [0.25, 0.3) is 0 Å². The normalized spacial score (nSPS) is 15.5. The van der Waals surface area contributed by atoms with Crippen molar-refractivity contribution in [2.24, 2.45) is 0 Å². The van der Waals surface area contributed by atoms with Crippen LogP contribution in [0.15, 0.2) is 36.4 Å². The number of thiophene rings is 1. The lowest BCUT2D eigenvalue weighted by Crippen LogP contribution is -2.48. The predicted octanol–water partition coefficient (Wildman–Crippen LogP) is 3.09. The fourth-order valence-corrected chi connectivity index (χ4v) is 3.73. The lowest BCUT2D eigenvalue weighted by molar-refractivity contribution is 0.0952. The molecule has 1 aromatic carbocycles. The Balaban J connectivity index is 1.41. The molecular formula is C17H19ClFN3OS. The highest BCUT2D eigenvalue weighted by molar-refractivity contribution is 7.17. The molecule has 3 rings (SSSR count). The summed E-state index contributed by atoms with van der Waals surface area (Å²) in [6.45, 7) is 4.67. The molecule has 7 heteroatoms. The van der Waals surface area contributed by atoms with Gasteiger partial charge in [0.25, 0.3) is 5.91 Å². The molecule has 1 aliphatic rings. The summed E-state index contributed by atoms with van der Waals surface area (Å²) in [5, 5.41) is 2.91. The summed E-state index contributed by atoms with van der Waals surface area (Å²) in [5.74, 6) is -0.260. The van der Waals surface area contributed by atoms with Crippen molar-refractivity contribution in [1.29, 1.82) is 0 Å². The van der Waals surface area contributed by atoms with Crippen molar-refractivity contribution in [3.05, 3.63) is 51.4 Å². The summed E-state index contributed by atoms with van der Waals surface area (Å²) in [7, 11) is 0. The number of nitrogens with zero attached hydrogens (tertiary/aromatic N) is 2. The fourth-order valence-electron chi connectivity index (χ4n) is 2.77. The number of nitrogens with one attached hydrogen (secondary N) is 1.